The van der Waals surface area contributed by atoms with Gasteiger partial charge in [0.25, 0.3) is 0 Å². The third-order valence-corrected chi connectivity index (χ3v) is 5.46. The number of benzene rings is 2. The maximum Gasteiger partial charge on any atom is 0.214 e. The van der Waals surface area contributed by atoms with E-state index in [0.717, 1.165) is 6.42 Å². The standard InChI is InChI=1S/C23H26N/c1-6-7-17-8-9-18-10-11-20-19-13-15(2)12-16(3)22(19)23(4,5)24(20)21(18)14-17/h8-14H,6-7H2,1-5H3/q+1. The lowest BCUT2D eigenvalue weighted by Gasteiger charge is -2.18. The monoisotopic (exact) mass is 316 g/mol. The molecule has 0 bridgehead atoms. The van der Waals surface area contributed by atoms with Crippen molar-refractivity contribution in [3.8, 4) is 11.3 Å². The lowest BCUT2D eigenvalue weighted by Crippen LogP contribution is -2.51. The van der Waals surface area contributed by atoms with E-state index in [-0.39, 0.29) is 5.54 Å². The van der Waals surface area contributed by atoms with Crippen molar-refractivity contribution in [3.05, 3.63) is 64.7 Å². The number of fused-ring (bicyclic) bond motifs is 5. The molecule has 0 aliphatic carbocycles. The molecule has 1 aliphatic rings. The summed E-state index contributed by atoms with van der Waals surface area (Å²) in [5.74, 6) is 0. The molecule has 0 saturated heterocycles. The summed E-state index contributed by atoms with van der Waals surface area (Å²) in [5.41, 5.74) is 9.74. The summed E-state index contributed by atoms with van der Waals surface area (Å²) in [6.07, 6.45) is 2.33. The van der Waals surface area contributed by atoms with E-state index in [1.54, 1.807) is 0 Å². The van der Waals surface area contributed by atoms with Gasteiger partial charge in [0.1, 0.15) is 0 Å². The van der Waals surface area contributed by atoms with Crippen LogP contribution < -0.4 is 4.57 Å². The first-order valence-corrected chi connectivity index (χ1v) is 9.03. The Kier molecular flexibility index (Phi) is 3.32. The summed E-state index contributed by atoms with van der Waals surface area (Å²) in [4.78, 5) is 0. The van der Waals surface area contributed by atoms with Gasteiger partial charge in [-0.25, -0.2) is 0 Å². The van der Waals surface area contributed by atoms with E-state index < -0.39 is 0 Å². The molecule has 1 aromatic heterocycles. The van der Waals surface area contributed by atoms with E-state index in [4.69, 9.17) is 0 Å². The van der Waals surface area contributed by atoms with Crippen LogP contribution in [0.25, 0.3) is 22.2 Å². The molecule has 4 rings (SSSR count). The summed E-state index contributed by atoms with van der Waals surface area (Å²) < 4.78 is 2.55. The minimum Gasteiger partial charge on any atom is -0.182 e. The van der Waals surface area contributed by atoms with E-state index in [1.165, 1.54) is 50.8 Å². The highest BCUT2D eigenvalue weighted by atomic mass is 15.1. The number of aromatic nitrogens is 1. The first-order chi connectivity index (χ1) is 11.4. The number of aryl methyl sites for hydroxylation is 3. The van der Waals surface area contributed by atoms with E-state index in [0.29, 0.717) is 0 Å². The van der Waals surface area contributed by atoms with Crippen molar-refractivity contribution < 1.29 is 4.57 Å². The summed E-state index contributed by atoms with van der Waals surface area (Å²) >= 11 is 0. The van der Waals surface area contributed by atoms with E-state index in [1.807, 2.05) is 0 Å². The summed E-state index contributed by atoms with van der Waals surface area (Å²) in [6.45, 7) is 11.4. The van der Waals surface area contributed by atoms with E-state index in [9.17, 15) is 0 Å². The number of hydrogen-bond donors (Lipinski definition) is 0. The first-order valence-electron chi connectivity index (χ1n) is 9.03. The van der Waals surface area contributed by atoms with Crippen molar-refractivity contribution in [1.29, 1.82) is 0 Å². The quantitative estimate of drug-likeness (QED) is 0.553. The Morgan fingerprint density at radius 2 is 1.71 bits per heavy atom. The van der Waals surface area contributed by atoms with Gasteiger partial charge < -0.3 is 0 Å². The second-order valence-electron chi connectivity index (χ2n) is 7.76. The smallest absolute Gasteiger partial charge is 0.182 e. The van der Waals surface area contributed by atoms with Crippen molar-refractivity contribution in [2.75, 3.05) is 0 Å². The zero-order chi connectivity index (χ0) is 17.1. The molecule has 2 heterocycles. The van der Waals surface area contributed by atoms with Crippen molar-refractivity contribution >= 4 is 10.9 Å². The highest BCUT2D eigenvalue weighted by molar-refractivity contribution is 5.80. The molecule has 0 fully saturated rings. The maximum atomic E-state index is 2.55. The van der Waals surface area contributed by atoms with Crippen molar-refractivity contribution in [3.63, 3.8) is 0 Å². The second kappa shape index (κ2) is 5.17. The topological polar surface area (TPSA) is 3.88 Å². The summed E-state index contributed by atoms with van der Waals surface area (Å²) in [7, 11) is 0. The molecule has 122 valence electrons. The summed E-state index contributed by atoms with van der Waals surface area (Å²) in [5, 5.41) is 1.33. The van der Waals surface area contributed by atoms with Crippen LogP contribution in [0.15, 0.2) is 42.5 Å². The van der Waals surface area contributed by atoms with Crippen LogP contribution in [0.3, 0.4) is 0 Å². The zero-order valence-corrected chi connectivity index (χ0v) is 15.4. The molecular formula is C23H26N+. The Hall–Kier alpha value is -2.15. The van der Waals surface area contributed by atoms with Gasteiger partial charge in [0.2, 0.25) is 11.2 Å². The largest absolute Gasteiger partial charge is 0.214 e. The van der Waals surface area contributed by atoms with Gasteiger partial charge in [-0.05, 0) is 55.2 Å². The SMILES string of the molecule is CCCc1ccc2ccc3[n+](c2c1)C(C)(C)c1c(C)cc(C)cc1-3. The number of nitrogens with zero attached hydrogens (tertiary/aromatic N) is 1. The average molecular weight is 316 g/mol. The Labute approximate surface area is 145 Å². The van der Waals surface area contributed by atoms with Gasteiger partial charge in [-0.1, -0.05) is 25.5 Å². The van der Waals surface area contributed by atoms with Crippen molar-refractivity contribution in [2.45, 2.75) is 53.0 Å². The van der Waals surface area contributed by atoms with Gasteiger partial charge >= 0.3 is 0 Å². The Morgan fingerprint density at radius 3 is 2.46 bits per heavy atom. The number of rotatable bonds is 2. The fraction of sp³-hybridized carbons (Fsp3) is 0.348. The van der Waals surface area contributed by atoms with Crippen LogP contribution in [0.5, 0.6) is 0 Å². The molecule has 0 amide bonds. The Balaban J connectivity index is 2.09. The highest BCUT2D eigenvalue weighted by Crippen LogP contribution is 2.41. The van der Waals surface area contributed by atoms with Gasteiger partial charge in [0.05, 0.1) is 5.56 Å². The molecule has 0 N–H and O–H groups in total. The molecule has 24 heavy (non-hydrogen) atoms. The third-order valence-electron chi connectivity index (χ3n) is 5.46. The molecule has 3 aromatic rings. The molecule has 0 spiro atoms. The fourth-order valence-corrected chi connectivity index (χ4v) is 4.65. The number of hydrogen-bond acceptors (Lipinski definition) is 0. The minimum atomic E-state index is -0.0210. The maximum absolute atomic E-state index is 2.55. The van der Waals surface area contributed by atoms with Crippen LogP contribution in [0, 0.1) is 13.8 Å². The summed E-state index contributed by atoms with van der Waals surface area (Å²) in [6, 6.07) is 16.2. The number of pyridine rings is 1. The Bertz CT molecular complexity index is 963. The third kappa shape index (κ3) is 2.04. The predicted octanol–water partition coefficient (Wildman–Crippen LogP) is 5.46. The molecule has 1 nitrogen and oxygen atoms in total. The van der Waals surface area contributed by atoms with Crippen LogP contribution in [0.4, 0.5) is 0 Å². The van der Waals surface area contributed by atoms with E-state index >= 15 is 0 Å². The highest BCUT2D eigenvalue weighted by Gasteiger charge is 2.45. The first kappa shape index (κ1) is 15.4. The molecular weight excluding hydrogens is 290 g/mol. The molecule has 0 atom stereocenters. The predicted molar refractivity (Wildman–Crippen MR) is 101 cm³/mol. The van der Waals surface area contributed by atoms with Crippen LogP contribution in [0.2, 0.25) is 0 Å². The lowest BCUT2D eigenvalue weighted by molar-refractivity contribution is -0.707. The normalized spacial score (nSPS) is 14.7. The molecule has 1 aliphatic heterocycles. The molecule has 0 unspecified atom stereocenters. The van der Waals surface area contributed by atoms with Gasteiger partial charge in [-0.3, -0.25) is 0 Å². The molecule has 2 aromatic carbocycles. The lowest BCUT2D eigenvalue weighted by atomic mass is 9.88. The van der Waals surface area contributed by atoms with Crippen LogP contribution in [-0.4, -0.2) is 0 Å². The fourth-order valence-electron chi connectivity index (χ4n) is 4.65. The zero-order valence-electron chi connectivity index (χ0n) is 15.4. The average Bonchev–Trinajstić information content (AvgIpc) is 2.75. The van der Waals surface area contributed by atoms with Crippen LogP contribution in [0.1, 0.15) is 49.4 Å². The van der Waals surface area contributed by atoms with Gasteiger partial charge in [0.15, 0.2) is 5.54 Å². The van der Waals surface area contributed by atoms with Crippen LogP contribution in [-0.2, 0) is 12.0 Å². The van der Waals surface area contributed by atoms with Gasteiger partial charge in [-0.2, -0.15) is 4.57 Å². The Morgan fingerprint density at radius 1 is 0.958 bits per heavy atom. The minimum absolute atomic E-state index is 0.0210. The molecule has 0 radical (unpaired) electrons. The molecule has 1 heteroatoms. The van der Waals surface area contributed by atoms with E-state index in [2.05, 4.69) is 81.7 Å². The van der Waals surface area contributed by atoms with Gasteiger partial charge in [-0.15, -0.1) is 0 Å². The molecule has 0 saturated carbocycles. The second-order valence-corrected chi connectivity index (χ2v) is 7.76. The van der Waals surface area contributed by atoms with Crippen molar-refractivity contribution in [2.24, 2.45) is 0 Å². The van der Waals surface area contributed by atoms with Gasteiger partial charge in [0, 0.05) is 36.9 Å². The van der Waals surface area contributed by atoms with Crippen molar-refractivity contribution in [1.82, 2.24) is 0 Å². The van der Waals surface area contributed by atoms with Crippen LogP contribution >= 0.6 is 0 Å².